The maximum atomic E-state index is 11.8. The zero-order valence-corrected chi connectivity index (χ0v) is 12.4. The third-order valence-electron chi connectivity index (χ3n) is 2.55. The fourth-order valence-corrected chi connectivity index (χ4v) is 1.45. The molecule has 0 radical (unpaired) electrons. The number of nitrogens with zero attached hydrogens (tertiary/aromatic N) is 2. The fourth-order valence-electron chi connectivity index (χ4n) is 1.45. The van der Waals surface area contributed by atoms with E-state index in [0.717, 1.165) is 0 Å². The molecule has 2 amide bonds. The van der Waals surface area contributed by atoms with Crippen LogP contribution in [0.25, 0.3) is 0 Å². The second kappa shape index (κ2) is 7.47. The van der Waals surface area contributed by atoms with Gasteiger partial charge in [0.05, 0.1) is 6.54 Å². The highest BCUT2D eigenvalue weighted by Crippen LogP contribution is 2.08. The molecule has 1 rings (SSSR count). The molecule has 0 aliphatic rings. The summed E-state index contributed by atoms with van der Waals surface area (Å²) in [4.78, 5) is 28.8. The van der Waals surface area contributed by atoms with Crippen LogP contribution in [0.1, 0.15) is 24.3 Å². The molecule has 6 nitrogen and oxygen atoms in total. The van der Waals surface area contributed by atoms with Crippen LogP contribution in [0.3, 0.4) is 0 Å². The summed E-state index contributed by atoms with van der Waals surface area (Å²) in [6, 6.07) is 3.36. The van der Waals surface area contributed by atoms with Gasteiger partial charge in [0.1, 0.15) is 5.69 Å². The van der Waals surface area contributed by atoms with E-state index in [1.165, 1.54) is 4.90 Å². The minimum atomic E-state index is -0.169. The number of hydrogen-bond acceptors (Lipinski definition) is 4. The van der Waals surface area contributed by atoms with Gasteiger partial charge in [-0.05, 0) is 18.1 Å². The van der Waals surface area contributed by atoms with Crippen LogP contribution >= 0.6 is 0 Å². The van der Waals surface area contributed by atoms with E-state index in [4.69, 9.17) is 0 Å². The van der Waals surface area contributed by atoms with Gasteiger partial charge < -0.3 is 15.5 Å². The zero-order valence-electron chi connectivity index (χ0n) is 12.4. The SMILES string of the molecule is CC(C)CNC(=O)CNc1ccnc(C(=O)N(C)C)c1. The van der Waals surface area contributed by atoms with Crippen LogP contribution in [-0.2, 0) is 4.79 Å². The Morgan fingerprint density at radius 1 is 1.35 bits per heavy atom. The summed E-state index contributed by atoms with van der Waals surface area (Å²) in [7, 11) is 3.34. The molecule has 0 atom stereocenters. The van der Waals surface area contributed by atoms with Crippen molar-refractivity contribution >= 4 is 17.5 Å². The molecule has 2 N–H and O–H groups in total. The highest BCUT2D eigenvalue weighted by atomic mass is 16.2. The second-order valence-electron chi connectivity index (χ2n) is 5.18. The van der Waals surface area contributed by atoms with E-state index in [1.54, 1.807) is 32.4 Å². The Labute approximate surface area is 119 Å². The highest BCUT2D eigenvalue weighted by Gasteiger charge is 2.10. The molecule has 0 unspecified atom stereocenters. The van der Waals surface area contributed by atoms with E-state index >= 15 is 0 Å². The van der Waals surface area contributed by atoms with E-state index < -0.39 is 0 Å². The molecule has 1 heterocycles. The van der Waals surface area contributed by atoms with Gasteiger partial charge in [-0.25, -0.2) is 0 Å². The molecule has 0 saturated carbocycles. The van der Waals surface area contributed by atoms with Crippen molar-refractivity contribution in [3.05, 3.63) is 24.0 Å². The summed E-state index contributed by atoms with van der Waals surface area (Å²) in [6.07, 6.45) is 1.55. The van der Waals surface area contributed by atoms with Gasteiger partial charge in [0.15, 0.2) is 0 Å². The van der Waals surface area contributed by atoms with Gasteiger partial charge in [-0.1, -0.05) is 13.8 Å². The highest BCUT2D eigenvalue weighted by molar-refractivity contribution is 5.92. The first-order valence-electron chi connectivity index (χ1n) is 6.58. The molecular formula is C14H22N4O2. The summed E-state index contributed by atoms with van der Waals surface area (Å²) in [6.45, 7) is 4.90. The van der Waals surface area contributed by atoms with E-state index in [1.807, 2.05) is 13.8 Å². The van der Waals surface area contributed by atoms with Crippen LogP contribution < -0.4 is 10.6 Å². The minimum Gasteiger partial charge on any atom is -0.376 e. The van der Waals surface area contributed by atoms with Crippen LogP contribution in [-0.4, -0.2) is 48.9 Å². The average Bonchev–Trinajstić information content (AvgIpc) is 2.42. The normalized spacial score (nSPS) is 10.2. The summed E-state index contributed by atoms with van der Waals surface area (Å²) in [5, 5.41) is 5.80. The molecule has 20 heavy (non-hydrogen) atoms. The molecule has 0 saturated heterocycles. The molecule has 6 heteroatoms. The Hall–Kier alpha value is -2.11. The first-order chi connectivity index (χ1) is 9.40. The Kier molecular flexibility index (Phi) is 5.96. The van der Waals surface area contributed by atoms with Crippen molar-refractivity contribution in [1.82, 2.24) is 15.2 Å². The molecule has 0 fully saturated rings. The van der Waals surface area contributed by atoms with E-state index in [9.17, 15) is 9.59 Å². The van der Waals surface area contributed by atoms with E-state index in [0.29, 0.717) is 23.8 Å². The average molecular weight is 278 g/mol. The number of anilines is 1. The lowest BCUT2D eigenvalue weighted by Crippen LogP contribution is -2.32. The monoisotopic (exact) mass is 278 g/mol. The van der Waals surface area contributed by atoms with Gasteiger partial charge >= 0.3 is 0 Å². The summed E-state index contributed by atoms with van der Waals surface area (Å²) in [5.41, 5.74) is 1.05. The predicted molar refractivity (Wildman–Crippen MR) is 78.6 cm³/mol. The number of rotatable bonds is 6. The van der Waals surface area contributed by atoms with Gasteiger partial charge in [0.2, 0.25) is 5.91 Å². The molecule has 0 aliphatic carbocycles. The Balaban J connectivity index is 2.54. The largest absolute Gasteiger partial charge is 0.376 e. The van der Waals surface area contributed by atoms with Gasteiger partial charge in [0.25, 0.3) is 5.91 Å². The summed E-state index contributed by atoms with van der Waals surface area (Å²) >= 11 is 0. The van der Waals surface area contributed by atoms with Crippen LogP contribution in [0.2, 0.25) is 0 Å². The molecule has 0 aromatic carbocycles. The van der Waals surface area contributed by atoms with Crippen LogP contribution in [0, 0.1) is 5.92 Å². The Morgan fingerprint density at radius 2 is 2.05 bits per heavy atom. The maximum absolute atomic E-state index is 11.8. The van der Waals surface area contributed by atoms with Crippen molar-refractivity contribution in [2.24, 2.45) is 5.92 Å². The number of amides is 2. The van der Waals surface area contributed by atoms with Crippen LogP contribution in [0.4, 0.5) is 5.69 Å². The molecule has 110 valence electrons. The first kappa shape index (κ1) is 15.9. The standard InChI is InChI=1S/C14H22N4O2/c1-10(2)8-17-13(19)9-16-11-5-6-15-12(7-11)14(20)18(3)4/h5-7,10H,8-9H2,1-4H3,(H,15,16)(H,17,19). The van der Waals surface area contributed by atoms with Crippen molar-refractivity contribution in [1.29, 1.82) is 0 Å². The number of nitrogens with one attached hydrogen (secondary N) is 2. The lowest BCUT2D eigenvalue weighted by molar-refractivity contribution is -0.119. The van der Waals surface area contributed by atoms with Crippen molar-refractivity contribution in [3.63, 3.8) is 0 Å². The van der Waals surface area contributed by atoms with Crippen molar-refractivity contribution in [2.75, 3.05) is 32.5 Å². The van der Waals surface area contributed by atoms with Crippen molar-refractivity contribution < 1.29 is 9.59 Å². The smallest absolute Gasteiger partial charge is 0.272 e. The molecule has 0 spiro atoms. The molecule has 0 aliphatic heterocycles. The number of hydrogen-bond donors (Lipinski definition) is 2. The van der Waals surface area contributed by atoms with Gasteiger partial charge in [-0.15, -0.1) is 0 Å². The van der Waals surface area contributed by atoms with E-state index in [2.05, 4.69) is 15.6 Å². The van der Waals surface area contributed by atoms with Gasteiger partial charge in [0, 0.05) is 32.5 Å². The lowest BCUT2D eigenvalue weighted by Gasteiger charge is -2.12. The molecule has 0 bridgehead atoms. The Morgan fingerprint density at radius 3 is 2.65 bits per heavy atom. The van der Waals surface area contributed by atoms with Crippen LogP contribution in [0.5, 0.6) is 0 Å². The number of carbonyl (C=O) groups is 2. The lowest BCUT2D eigenvalue weighted by atomic mass is 10.2. The topological polar surface area (TPSA) is 74.3 Å². The Bertz CT molecular complexity index is 472. The van der Waals surface area contributed by atoms with Crippen LogP contribution in [0.15, 0.2) is 18.3 Å². The zero-order chi connectivity index (χ0) is 15.1. The van der Waals surface area contributed by atoms with Crippen molar-refractivity contribution in [3.8, 4) is 0 Å². The van der Waals surface area contributed by atoms with Gasteiger partial charge in [-0.3, -0.25) is 14.6 Å². The second-order valence-corrected chi connectivity index (χ2v) is 5.18. The number of aromatic nitrogens is 1. The fraction of sp³-hybridized carbons (Fsp3) is 0.500. The quantitative estimate of drug-likeness (QED) is 0.813. The first-order valence-corrected chi connectivity index (χ1v) is 6.58. The predicted octanol–water partition coefficient (Wildman–Crippen LogP) is 0.967. The van der Waals surface area contributed by atoms with Gasteiger partial charge in [-0.2, -0.15) is 0 Å². The summed E-state index contributed by atoms with van der Waals surface area (Å²) < 4.78 is 0. The molecule has 1 aromatic heterocycles. The maximum Gasteiger partial charge on any atom is 0.272 e. The minimum absolute atomic E-state index is 0.0731. The molecular weight excluding hydrogens is 256 g/mol. The summed E-state index contributed by atoms with van der Waals surface area (Å²) in [5.74, 6) is 0.179. The molecule has 1 aromatic rings. The third-order valence-corrected chi connectivity index (χ3v) is 2.55. The number of pyridine rings is 1. The van der Waals surface area contributed by atoms with E-state index in [-0.39, 0.29) is 18.4 Å². The number of carbonyl (C=O) groups excluding carboxylic acids is 2. The third kappa shape index (κ3) is 5.26. The van der Waals surface area contributed by atoms with Crippen molar-refractivity contribution in [2.45, 2.75) is 13.8 Å².